The van der Waals surface area contributed by atoms with Gasteiger partial charge in [-0.3, -0.25) is 54.5 Å². The van der Waals surface area contributed by atoms with Crippen molar-refractivity contribution in [3.8, 4) is 136 Å². The van der Waals surface area contributed by atoms with Gasteiger partial charge in [-0.05, 0) is 179 Å². The topological polar surface area (TPSA) is 190 Å². The first-order valence-corrected chi connectivity index (χ1v) is 42.4. The molecule has 0 aliphatic carbocycles. The standard InChI is InChI=1S/2C15H9N4.C13H11F2N.C13H12FN.2C12H9F2N.2C12H10FN.C8H6N3.3Ir/c2*16-10-11-4-6-12(7-5-11)14-9-15(19-18-14)13-3-1-2-8-17-13;1-9-5-6-16(2)13(7-9)11-4-3-10(14)8-12(11)15;1-10-7-8-15(2)13(9-10)11-5-3-4-6-12(11)14;2*1-15-7-3-2-4-12(15)10-6-5-9(13)8-11(10)14;2*1-14-9-5-4-8-12(14)10-6-2-3-7-11(10)13;1-2-5-9-7(3-1)8-4-6-10-11-8;;;/h2*1-9H;3,5-8H,1-2H3;3-4,6-9H,1-2H3;2*2-5,7-8H,1H3;2*2-5,7-9H,1H3;1-6H;;;/q2*-1;;;;;;;-1;3*+3. The minimum atomic E-state index is -0.616. The average molecular weight is 2420 g/mol. The molecule has 8 aromatic carbocycles. The van der Waals surface area contributed by atoms with Crippen molar-refractivity contribution in [1.82, 2.24) is 45.5 Å². The third-order valence-electron chi connectivity index (χ3n) is 20.3. The molecule has 0 amide bonds. The first kappa shape index (κ1) is 109. The van der Waals surface area contributed by atoms with Crippen molar-refractivity contribution in [3.05, 3.63) is 482 Å². The summed E-state index contributed by atoms with van der Waals surface area (Å²) in [4.78, 5) is 12.6. The van der Waals surface area contributed by atoms with Crippen LogP contribution in [0.1, 0.15) is 22.3 Å². The van der Waals surface area contributed by atoms with Gasteiger partial charge in [0.1, 0.15) is 76.4 Å². The first-order valence-electron chi connectivity index (χ1n) is 42.4. The van der Waals surface area contributed by atoms with Gasteiger partial charge in [-0.1, -0.05) is 108 Å². The molecule has 12 aromatic heterocycles. The van der Waals surface area contributed by atoms with Crippen LogP contribution < -0.4 is 42.7 Å². The molecule has 0 saturated heterocycles. The van der Waals surface area contributed by atoms with Gasteiger partial charge in [-0.15, -0.1) is 109 Å². The number of aromatic nitrogens is 15. The van der Waals surface area contributed by atoms with Gasteiger partial charge < -0.3 is 30.6 Å². The number of aryl methyl sites for hydroxylation is 8. The summed E-state index contributed by atoms with van der Waals surface area (Å²) in [5.41, 5.74) is 18.5. The van der Waals surface area contributed by atoms with Gasteiger partial charge >= 0.3 is 60.3 Å². The monoisotopic (exact) mass is 2420 g/mol. The van der Waals surface area contributed by atoms with Crippen LogP contribution in [0, 0.1) is 125 Å². The van der Waals surface area contributed by atoms with E-state index in [1.807, 2.05) is 250 Å². The zero-order valence-electron chi connectivity index (χ0n) is 76.7. The van der Waals surface area contributed by atoms with Crippen LogP contribution in [0.5, 0.6) is 0 Å². The van der Waals surface area contributed by atoms with Gasteiger partial charge in [0.2, 0.25) is 0 Å². The molecule has 141 heavy (non-hydrogen) atoms. The fraction of sp³-hybridized carbons (Fsp3) is 0.0714. The minimum absolute atomic E-state index is 0. The van der Waals surface area contributed by atoms with Gasteiger partial charge in [0, 0.05) is 142 Å². The maximum Gasteiger partial charge on any atom is 3.00 e. The number of rotatable bonds is 11. The zero-order chi connectivity index (χ0) is 97.8. The molecule has 0 radical (unpaired) electrons. The van der Waals surface area contributed by atoms with Gasteiger partial charge in [0.15, 0.2) is 37.2 Å². The molecule has 17 nitrogen and oxygen atoms in total. The maximum atomic E-state index is 13.6. The van der Waals surface area contributed by atoms with Crippen LogP contribution in [0.3, 0.4) is 0 Å². The number of pyridine rings is 9. The molecule has 0 aliphatic rings. The summed E-state index contributed by atoms with van der Waals surface area (Å²) in [6.07, 6.45) is 18.0. The number of halogens is 9. The smallest absolute Gasteiger partial charge is 0.574 e. The van der Waals surface area contributed by atoms with E-state index in [4.69, 9.17) is 10.5 Å². The van der Waals surface area contributed by atoms with E-state index in [2.05, 4.69) is 94.1 Å². The van der Waals surface area contributed by atoms with Crippen LogP contribution >= 0.6 is 0 Å². The van der Waals surface area contributed by atoms with Crippen molar-refractivity contribution < 1.29 is 127 Å². The number of hydrogen-bond acceptors (Lipinski definition) is 8. The fourth-order valence-corrected chi connectivity index (χ4v) is 13.2. The van der Waals surface area contributed by atoms with Crippen LogP contribution in [0.15, 0.2) is 371 Å². The molecule has 0 unspecified atom stereocenters. The summed E-state index contributed by atoms with van der Waals surface area (Å²) >= 11 is 0. The molecule has 29 heteroatoms. The summed E-state index contributed by atoms with van der Waals surface area (Å²) in [7, 11) is 11.1. The molecule has 12 heterocycles. The molecule has 20 rings (SSSR count). The van der Waals surface area contributed by atoms with Crippen molar-refractivity contribution in [3.63, 3.8) is 0 Å². The summed E-state index contributed by atoms with van der Waals surface area (Å²) in [6, 6.07) is 108. The predicted molar refractivity (Wildman–Crippen MR) is 503 cm³/mol. The molecule has 0 aliphatic heterocycles. The van der Waals surface area contributed by atoms with E-state index in [1.54, 1.807) is 150 Å². The van der Waals surface area contributed by atoms with Crippen LogP contribution in [0.25, 0.3) is 124 Å². The van der Waals surface area contributed by atoms with E-state index < -0.39 is 34.9 Å². The Hall–Kier alpha value is -16.0. The number of nitriles is 2. The number of hydrogen-bond donors (Lipinski definition) is 0. The van der Waals surface area contributed by atoms with Gasteiger partial charge in [-0.2, -0.15) is 10.5 Å². The van der Waals surface area contributed by atoms with E-state index in [0.29, 0.717) is 44.9 Å². The van der Waals surface area contributed by atoms with Crippen molar-refractivity contribution in [2.45, 2.75) is 13.8 Å². The second-order valence-electron chi connectivity index (χ2n) is 30.2. The summed E-state index contributed by atoms with van der Waals surface area (Å²) in [6.45, 7) is 3.91. The Morgan fingerprint density at radius 3 is 0.851 bits per heavy atom. The largest absolute Gasteiger partial charge is 3.00 e. The molecule has 0 atom stereocenters. The first-order chi connectivity index (χ1) is 66.9. The maximum absolute atomic E-state index is 13.6. The quantitative estimate of drug-likeness (QED) is 0.0680. The Labute approximate surface area is 851 Å². The molecule has 702 valence electrons. The van der Waals surface area contributed by atoms with Gasteiger partial charge in [-0.25, -0.2) is 27.4 Å². The minimum Gasteiger partial charge on any atom is -0.574 e. The molecule has 0 N–H and O–H groups in total. The number of benzene rings is 8. The van der Waals surface area contributed by atoms with E-state index in [0.717, 1.165) is 121 Å². The normalized spacial score (nSPS) is 9.98. The molecule has 0 fully saturated rings. The molecule has 0 bridgehead atoms. The average Bonchev–Trinajstić information content (AvgIpc) is 1.82. The van der Waals surface area contributed by atoms with Crippen molar-refractivity contribution in [2.24, 2.45) is 42.3 Å². The molecular formula is C112H85F9Ir3N17+6. The van der Waals surface area contributed by atoms with E-state index in [-0.39, 0.29) is 94.5 Å². The Balaban J connectivity index is 0.000000177. The third-order valence-corrected chi connectivity index (χ3v) is 20.3. The third kappa shape index (κ3) is 31.3. The fourth-order valence-electron chi connectivity index (χ4n) is 13.2. The van der Waals surface area contributed by atoms with Crippen LogP contribution in [0.2, 0.25) is 0 Å². The molecule has 0 spiro atoms. The van der Waals surface area contributed by atoms with Gasteiger partial charge in [0.25, 0.3) is 0 Å². The Bertz CT molecular complexity index is 7090. The van der Waals surface area contributed by atoms with Crippen molar-refractivity contribution in [2.75, 3.05) is 0 Å². The van der Waals surface area contributed by atoms with Crippen molar-refractivity contribution >= 4 is 0 Å². The van der Waals surface area contributed by atoms with Crippen LogP contribution in [0.4, 0.5) is 39.5 Å². The van der Waals surface area contributed by atoms with E-state index in [1.165, 1.54) is 18.2 Å². The Kier molecular flexibility index (Phi) is 42.3. The molecular weight excluding hydrogens is 2330 g/mol. The summed E-state index contributed by atoms with van der Waals surface area (Å²) in [5, 5.41) is 41.7. The Morgan fingerprint density at radius 2 is 0.567 bits per heavy atom. The predicted octanol–water partition coefficient (Wildman–Crippen LogP) is 20.1. The SMILES string of the molecule is C[n+]1ccccc1-c1[c-]cc(F)cc1F.C[n+]1ccccc1-c1[c-]cc(F)cc1F.C[n+]1ccccc1-c1[c-]cccc1F.C[n+]1ccccc1-c1[c-]cccc1F.Cc1cc[n+](C)c(-c2[c-]cc(F)cc2F)c1.Cc1cc[n+](C)c(-c2[c-]cccc2F)c1.N#Cc1ccc(-c2cc(-c3ccccn3)[n-]n2)cc1.N#Cc1ccc(-c2cc(-c3ccccn3)[n-]n2)cc1.[Ir+3].[Ir+3].[Ir+3].c1ccc(-c2ccn[n-]2)nc1. The second kappa shape index (κ2) is 54.8. The van der Waals surface area contributed by atoms with Gasteiger partial charge in [0.05, 0.1) is 23.3 Å². The van der Waals surface area contributed by atoms with Crippen molar-refractivity contribution in [1.29, 1.82) is 10.5 Å². The summed E-state index contributed by atoms with van der Waals surface area (Å²) < 4.78 is 130. The van der Waals surface area contributed by atoms with Crippen LogP contribution in [-0.4, -0.2) is 30.2 Å². The zero-order valence-corrected chi connectivity index (χ0v) is 83.9. The van der Waals surface area contributed by atoms with E-state index >= 15 is 0 Å². The second-order valence-corrected chi connectivity index (χ2v) is 30.2. The molecule has 20 aromatic rings. The molecule has 0 saturated carbocycles. The van der Waals surface area contributed by atoms with E-state index in [9.17, 15) is 39.5 Å². The Morgan fingerprint density at radius 1 is 0.270 bits per heavy atom. The number of nitrogens with zero attached hydrogens (tertiary/aromatic N) is 17. The van der Waals surface area contributed by atoms with Crippen LogP contribution in [-0.2, 0) is 103 Å². The summed E-state index contributed by atoms with van der Waals surface area (Å²) in [5.74, 6) is -4.36.